The molecule has 0 radical (unpaired) electrons. The van der Waals surface area contributed by atoms with Crippen molar-refractivity contribution in [2.45, 2.75) is 32.5 Å². The molecule has 0 spiro atoms. The van der Waals surface area contributed by atoms with Crippen molar-refractivity contribution < 1.29 is 4.39 Å². The summed E-state index contributed by atoms with van der Waals surface area (Å²) in [5, 5.41) is 0. The number of halogens is 1. The minimum Gasteiger partial charge on any atom is -0.322 e. The third-order valence-electron chi connectivity index (χ3n) is 2.09. The predicted molar refractivity (Wildman–Crippen MR) is 53.2 cm³/mol. The van der Waals surface area contributed by atoms with Gasteiger partial charge in [-0.3, -0.25) is 0 Å². The lowest BCUT2D eigenvalue weighted by atomic mass is 9.93. The zero-order valence-electron chi connectivity index (χ0n) is 8.34. The van der Waals surface area contributed by atoms with Crippen LogP contribution in [0.4, 0.5) is 4.39 Å². The van der Waals surface area contributed by atoms with E-state index in [2.05, 4.69) is 0 Å². The maximum Gasteiger partial charge on any atom is 0.122 e. The molecule has 0 heterocycles. The highest BCUT2D eigenvalue weighted by atomic mass is 19.1. The van der Waals surface area contributed by atoms with Crippen LogP contribution in [0.15, 0.2) is 24.3 Å². The van der Waals surface area contributed by atoms with Gasteiger partial charge in [0.15, 0.2) is 0 Å². The van der Waals surface area contributed by atoms with E-state index in [1.54, 1.807) is 6.07 Å². The van der Waals surface area contributed by atoms with Gasteiger partial charge in [-0.15, -0.1) is 0 Å². The number of hydrogen-bond donors (Lipinski definition) is 1. The molecule has 0 amide bonds. The Balaban J connectivity index is 3.06. The van der Waals surface area contributed by atoms with Crippen molar-refractivity contribution in [1.29, 1.82) is 0 Å². The van der Waals surface area contributed by atoms with Gasteiger partial charge in [-0.05, 0) is 31.9 Å². The van der Waals surface area contributed by atoms with Crippen LogP contribution in [0.25, 0.3) is 0 Å². The Hall–Kier alpha value is -0.890. The Morgan fingerprint density at radius 1 is 1.38 bits per heavy atom. The van der Waals surface area contributed by atoms with Crippen molar-refractivity contribution in [2.24, 2.45) is 5.73 Å². The molecule has 0 fully saturated rings. The van der Waals surface area contributed by atoms with Crippen molar-refractivity contribution in [3.8, 4) is 0 Å². The molecule has 0 aliphatic heterocycles. The predicted octanol–water partition coefficient (Wildman–Crippen LogP) is 2.91. The number of alkyl halides is 1. The van der Waals surface area contributed by atoms with E-state index in [-0.39, 0.29) is 0 Å². The van der Waals surface area contributed by atoms with Crippen LogP contribution >= 0.6 is 0 Å². The molecule has 13 heavy (non-hydrogen) atoms. The Morgan fingerprint density at radius 2 is 2.00 bits per heavy atom. The van der Waals surface area contributed by atoms with Crippen LogP contribution in [0, 0.1) is 0 Å². The zero-order chi connectivity index (χ0) is 10.1. The van der Waals surface area contributed by atoms with Crippen molar-refractivity contribution >= 4 is 0 Å². The topological polar surface area (TPSA) is 26.0 Å². The van der Waals surface area contributed by atoms with Gasteiger partial charge in [0, 0.05) is 5.54 Å². The molecular weight excluding hydrogens is 165 g/mol. The first-order valence-corrected chi connectivity index (χ1v) is 4.44. The summed E-state index contributed by atoms with van der Waals surface area (Å²) in [6.45, 7) is 5.35. The van der Waals surface area contributed by atoms with Gasteiger partial charge in [0.1, 0.15) is 6.17 Å². The molecule has 2 heteroatoms. The monoisotopic (exact) mass is 181 g/mol. The summed E-state index contributed by atoms with van der Waals surface area (Å²) in [5.41, 5.74) is 7.16. The number of nitrogens with two attached hydrogens (primary N) is 1. The van der Waals surface area contributed by atoms with Crippen LogP contribution in [0.5, 0.6) is 0 Å². The minimum atomic E-state index is -0.928. The molecule has 0 bridgehead atoms. The second-order valence-corrected chi connectivity index (χ2v) is 3.96. The molecule has 0 aliphatic carbocycles. The van der Waals surface area contributed by atoms with Crippen molar-refractivity contribution in [3.63, 3.8) is 0 Å². The second-order valence-electron chi connectivity index (χ2n) is 3.96. The summed E-state index contributed by atoms with van der Waals surface area (Å²) in [6, 6.07) is 7.37. The van der Waals surface area contributed by atoms with Gasteiger partial charge in [0.05, 0.1) is 0 Å². The third-order valence-corrected chi connectivity index (χ3v) is 2.09. The maximum absolute atomic E-state index is 13.0. The molecule has 1 nitrogen and oxygen atoms in total. The largest absolute Gasteiger partial charge is 0.322 e. The normalized spacial score (nSPS) is 14.2. The lowest BCUT2D eigenvalue weighted by molar-refractivity contribution is 0.373. The summed E-state index contributed by atoms with van der Waals surface area (Å²) in [4.78, 5) is 0. The first-order valence-electron chi connectivity index (χ1n) is 4.44. The van der Waals surface area contributed by atoms with Gasteiger partial charge >= 0.3 is 0 Å². The highest BCUT2D eigenvalue weighted by Crippen LogP contribution is 2.22. The molecule has 72 valence electrons. The molecule has 1 atom stereocenters. The van der Waals surface area contributed by atoms with Crippen molar-refractivity contribution in [3.05, 3.63) is 35.4 Å². The van der Waals surface area contributed by atoms with E-state index in [0.29, 0.717) is 5.56 Å². The van der Waals surface area contributed by atoms with Gasteiger partial charge in [0.2, 0.25) is 0 Å². The smallest absolute Gasteiger partial charge is 0.122 e. The standard InChI is InChI=1S/C11H16FN/c1-8(12)9-5-4-6-10(7-9)11(2,3)13/h4-8H,13H2,1-3H3. The van der Waals surface area contributed by atoms with Gasteiger partial charge in [-0.25, -0.2) is 4.39 Å². The second kappa shape index (κ2) is 3.46. The SMILES string of the molecule is CC(F)c1cccc(C(C)(C)N)c1. The first kappa shape index (κ1) is 10.2. The van der Waals surface area contributed by atoms with Crippen LogP contribution in [-0.4, -0.2) is 0 Å². The van der Waals surface area contributed by atoms with Crippen LogP contribution < -0.4 is 5.73 Å². The van der Waals surface area contributed by atoms with E-state index in [4.69, 9.17) is 5.73 Å². The number of hydrogen-bond acceptors (Lipinski definition) is 1. The quantitative estimate of drug-likeness (QED) is 0.745. The number of benzene rings is 1. The maximum atomic E-state index is 13.0. The van der Waals surface area contributed by atoms with Gasteiger partial charge in [-0.1, -0.05) is 24.3 Å². The van der Waals surface area contributed by atoms with E-state index in [9.17, 15) is 4.39 Å². The first-order chi connectivity index (χ1) is 5.91. The Bertz CT molecular complexity index is 286. The molecule has 1 aromatic rings. The highest BCUT2D eigenvalue weighted by Gasteiger charge is 2.15. The van der Waals surface area contributed by atoms with Crippen LogP contribution in [0.1, 0.15) is 38.1 Å². The summed E-state index contributed by atoms with van der Waals surface area (Å²) < 4.78 is 13.0. The van der Waals surface area contributed by atoms with Gasteiger partial charge in [0.25, 0.3) is 0 Å². The van der Waals surface area contributed by atoms with Crippen molar-refractivity contribution in [1.82, 2.24) is 0 Å². The Kier molecular flexibility index (Phi) is 2.71. The van der Waals surface area contributed by atoms with E-state index in [1.165, 1.54) is 6.92 Å². The summed E-state index contributed by atoms with van der Waals surface area (Å²) in [6.07, 6.45) is -0.928. The Morgan fingerprint density at radius 3 is 2.46 bits per heavy atom. The van der Waals surface area contributed by atoms with Crippen molar-refractivity contribution in [2.75, 3.05) is 0 Å². The fraction of sp³-hybridized carbons (Fsp3) is 0.455. The van der Waals surface area contributed by atoms with E-state index in [1.807, 2.05) is 32.0 Å². The molecule has 0 aromatic heterocycles. The van der Waals surface area contributed by atoms with Gasteiger partial charge in [-0.2, -0.15) is 0 Å². The zero-order valence-corrected chi connectivity index (χ0v) is 8.34. The van der Waals surface area contributed by atoms with Crippen LogP contribution in [-0.2, 0) is 5.54 Å². The van der Waals surface area contributed by atoms with Crippen LogP contribution in [0.2, 0.25) is 0 Å². The summed E-state index contributed by atoms with van der Waals surface area (Å²) in [7, 11) is 0. The van der Waals surface area contributed by atoms with E-state index < -0.39 is 11.7 Å². The average molecular weight is 181 g/mol. The molecule has 0 aliphatic rings. The number of rotatable bonds is 2. The fourth-order valence-electron chi connectivity index (χ4n) is 1.19. The molecule has 0 saturated heterocycles. The third kappa shape index (κ3) is 2.52. The minimum absolute atomic E-state index is 0.398. The molecule has 2 N–H and O–H groups in total. The van der Waals surface area contributed by atoms with E-state index in [0.717, 1.165) is 5.56 Å². The average Bonchev–Trinajstić information content (AvgIpc) is 2.03. The summed E-state index contributed by atoms with van der Waals surface area (Å²) in [5.74, 6) is 0. The fourth-order valence-corrected chi connectivity index (χ4v) is 1.19. The molecule has 1 aromatic carbocycles. The lowest BCUT2D eigenvalue weighted by Gasteiger charge is -2.20. The van der Waals surface area contributed by atoms with E-state index >= 15 is 0 Å². The van der Waals surface area contributed by atoms with Crippen LogP contribution in [0.3, 0.4) is 0 Å². The highest BCUT2D eigenvalue weighted by molar-refractivity contribution is 5.29. The molecule has 1 rings (SSSR count). The summed E-state index contributed by atoms with van der Waals surface area (Å²) >= 11 is 0. The lowest BCUT2D eigenvalue weighted by Crippen LogP contribution is -2.28. The molecule has 1 unspecified atom stereocenters. The Labute approximate surface area is 78.8 Å². The molecule has 0 saturated carbocycles. The van der Waals surface area contributed by atoms with Gasteiger partial charge < -0.3 is 5.73 Å². The molecular formula is C11H16FN.